The predicted molar refractivity (Wildman–Crippen MR) is 41.4 cm³/mol. The molecule has 1 aromatic carbocycles. The van der Waals surface area contributed by atoms with Crippen LogP contribution in [-0.2, 0) is 0 Å². The van der Waals surface area contributed by atoms with Crippen molar-refractivity contribution in [2.75, 3.05) is 0 Å². The maximum Gasteiger partial charge on any atom is 0.439 e. The minimum Gasteiger partial charge on any atom is -0.296 e. The molecular formula is C8H4FN2O2. The van der Waals surface area contributed by atoms with Crippen LogP contribution in [0, 0.1) is 11.9 Å². The van der Waals surface area contributed by atoms with Crippen molar-refractivity contribution < 1.29 is 8.91 Å². The van der Waals surface area contributed by atoms with E-state index in [1.54, 1.807) is 6.07 Å². The standard InChI is InChI=1S/C8H4FN2O2/c9-6-3-1-2-5(4-6)7-10-8(12)13-11-7/h1-2,4H,(H,10,11,12). The molecular weight excluding hydrogens is 175 g/mol. The molecule has 0 atom stereocenters. The molecule has 1 N–H and O–H groups in total. The topological polar surface area (TPSA) is 58.9 Å². The Morgan fingerprint density at radius 1 is 1.62 bits per heavy atom. The van der Waals surface area contributed by atoms with E-state index < -0.39 is 11.6 Å². The highest BCUT2D eigenvalue weighted by Crippen LogP contribution is 2.13. The van der Waals surface area contributed by atoms with Gasteiger partial charge in [-0.2, -0.15) is 0 Å². The summed E-state index contributed by atoms with van der Waals surface area (Å²) in [4.78, 5) is 12.9. The van der Waals surface area contributed by atoms with Gasteiger partial charge in [0.15, 0.2) is 5.82 Å². The van der Waals surface area contributed by atoms with Gasteiger partial charge in [-0.05, 0) is 6.07 Å². The molecule has 4 nitrogen and oxygen atoms in total. The number of benzene rings is 1. The molecule has 0 aliphatic carbocycles. The highest BCUT2D eigenvalue weighted by Gasteiger charge is 2.03. The van der Waals surface area contributed by atoms with E-state index in [4.69, 9.17) is 0 Å². The summed E-state index contributed by atoms with van der Waals surface area (Å²) >= 11 is 0. The van der Waals surface area contributed by atoms with Gasteiger partial charge in [-0.25, -0.2) is 9.18 Å². The molecule has 0 aliphatic heterocycles. The Morgan fingerprint density at radius 3 is 3.08 bits per heavy atom. The lowest BCUT2D eigenvalue weighted by atomic mass is 10.2. The first kappa shape index (κ1) is 7.72. The molecule has 0 aliphatic rings. The molecule has 0 fully saturated rings. The number of nitrogens with zero attached hydrogens (tertiary/aromatic N) is 1. The van der Waals surface area contributed by atoms with Gasteiger partial charge in [-0.1, -0.05) is 17.3 Å². The summed E-state index contributed by atoms with van der Waals surface area (Å²) in [7, 11) is 0. The van der Waals surface area contributed by atoms with Crippen LogP contribution in [-0.4, -0.2) is 10.1 Å². The average molecular weight is 179 g/mol. The van der Waals surface area contributed by atoms with Crippen molar-refractivity contribution in [3.63, 3.8) is 0 Å². The molecule has 1 radical (unpaired) electrons. The van der Waals surface area contributed by atoms with Gasteiger partial charge in [0, 0.05) is 11.6 Å². The normalized spacial score (nSPS) is 10.2. The number of hydrogen-bond donors (Lipinski definition) is 1. The number of aromatic amines is 1. The Bertz CT molecular complexity index is 475. The minimum absolute atomic E-state index is 0.206. The Labute approximate surface area is 72.0 Å². The van der Waals surface area contributed by atoms with Crippen LogP contribution in [0.5, 0.6) is 0 Å². The summed E-state index contributed by atoms with van der Waals surface area (Å²) in [5.41, 5.74) is 0.446. The number of H-pyrrole nitrogens is 1. The molecule has 1 aromatic heterocycles. The summed E-state index contributed by atoms with van der Waals surface area (Å²) in [6.45, 7) is 0. The third-order valence-electron chi connectivity index (χ3n) is 1.48. The van der Waals surface area contributed by atoms with Crippen molar-refractivity contribution >= 4 is 0 Å². The van der Waals surface area contributed by atoms with E-state index in [9.17, 15) is 9.18 Å². The quantitative estimate of drug-likeness (QED) is 0.709. The second kappa shape index (κ2) is 2.85. The zero-order valence-corrected chi connectivity index (χ0v) is 6.37. The zero-order valence-electron chi connectivity index (χ0n) is 6.37. The predicted octanol–water partition coefficient (Wildman–Crippen LogP) is 0.969. The fraction of sp³-hybridized carbons (Fsp3) is 0. The summed E-state index contributed by atoms with van der Waals surface area (Å²) in [5.74, 6) is -0.970. The number of aromatic nitrogens is 2. The van der Waals surface area contributed by atoms with Crippen LogP contribution < -0.4 is 5.76 Å². The zero-order chi connectivity index (χ0) is 9.26. The van der Waals surface area contributed by atoms with Crippen molar-refractivity contribution in [3.8, 4) is 11.4 Å². The van der Waals surface area contributed by atoms with Gasteiger partial charge in [-0.3, -0.25) is 9.51 Å². The Hall–Kier alpha value is -1.91. The van der Waals surface area contributed by atoms with E-state index >= 15 is 0 Å². The monoisotopic (exact) mass is 179 g/mol. The maximum atomic E-state index is 12.7. The summed E-state index contributed by atoms with van der Waals surface area (Å²) in [5, 5.41) is 3.40. The van der Waals surface area contributed by atoms with Crippen molar-refractivity contribution in [2.24, 2.45) is 0 Å². The molecule has 2 aromatic rings. The first-order valence-electron chi connectivity index (χ1n) is 3.49. The van der Waals surface area contributed by atoms with Crippen LogP contribution in [0.4, 0.5) is 4.39 Å². The van der Waals surface area contributed by atoms with E-state index in [1.807, 2.05) is 0 Å². The van der Waals surface area contributed by atoms with Crippen LogP contribution in [0.2, 0.25) is 0 Å². The number of halogens is 1. The number of rotatable bonds is 1. The largest absolute Gasteiger partial charge is 0.439 e. The van der Waals surface area contributed by atoms with Crippen LogP contribution in [0.25, 0.3) is 11.4 Å². The van der Waals surface area contributed by atoms with Gasteiger partial charge in [0.05, 0.1) is 0 Å². The van der Waals surface area contributed by atoms with Gasteiger partial charge in [0.25, 0.3) is 0 Å². The summed E-state index contributed by atoms with van der Waals surface area (Å²) in [6, 6.07) is 6.50. The highest BCUT2D eigenvalue weighted by molar-refractivity contribution is 5.53. The third kappa shape index (κ3) is 1.48. The molecule has 5 heteroatoms. The molecule has 0 amide bonds. The van der Waals surface area contributed by atoms with Crippen molar-refractivity contribution in [3.05, 3.63) is 40.6 Å². The van der Waals surface area contributed by atoms with E-state index in [2.05, 4.69) is 20.7 Å². The van der Waals surface area contributed by atoms with Crippen LogP contribution in [0.3, 0.4) is 0 Å². The third-order valence-corrected chi connectivity index (χ3v) is 1.48. The lowest BCUT2D eigenvalue weighted by molar-refractivity contribution is 0.388. The second-order valence-electron chi connectivity index (χ2n) is 2.37. The Kier molecular flexibility index (Phi) is 1.70. The fourth-order valence-electron chi connectivity index (χ4n) is 0.939. The van der Waals surface area contributed by atoms with Gasteiger partial charge in [-0.15, -0.1) is 0 Å². The smallest absolute Gasteiger partial charge is 0.296 e. The molecule has 2 rings (SSSR count). The van der Waals surface area contributed by atoms with Crippen LogP contribution in [0.1, 0.15) is 0 Å². The van der Waals surface area contributed by atoms with E-state index in [-0.39, 0.29) is 5.82 Å². The molecule has 65 valence electrons. The highest BCUT2D eigenvalue weighted by atomic mass is 19.1. The SMILES string of the molecule is O=c1[nH]c(-c2cc[c]c(F)c2)no1. The van der Waals surface area contributed by atoms with Crippen molar-refractivity contribution in [1.82, 2.24) is 10.1 Å². The number of hydrogen-bond acceptors (Lipinski definition) is 3. The molecule has 0 unspecified atom stereocenters. The average Bonchev–Trinajstić information content (AvgIpc) is 2.52. The summed E-state index contributed by atoms with van der Waals surface area (Å²) < 4.78 is 16.9. The van der Waals surface area contributed by atoms with Crippen molar-refractivity contribution in [1.29, 1.82) is 0 Å². The maximum absolute atomic E-state index is 12.7. The molecule has 0 spiro atoms. The molecule has 1 heterocycles. The van der Waals surface area contributed by atoms with Gasteiger partial charge >= 0.3 is 5.76 Å². The summed E-state index contributed by atoms with van der Waals surface area (Å²) in [6.07, 6.45) is 0. The molecule has 0 bridgehead atoms. The Morgan fingerprint density at radius 2 is 2.46 bits per heavy atom. The lowest BCUT2D eigenvalue weighted by Crippen LogP contribution is -1.94. The van der Waals surface area contributed by atoms with E-state index in [0.29, 0.717) is 5.56 Å². The second-order valence-corrected chi connectivity index (χ2v) is 2.37. The Balaban J connectivity index is 2.52. The van der Waals surface area contributed by atoms with Crippen molar-refractivity contribution in [2.45, 2.75) is 0 Å². The van der Waals surface area contributed by atoms with Crippen LogP contribution >= 0.6 is 0 Å². The fourth-order valence-corrected chi connectivity index (χ4v) is 0.939. The van der Waals surface area contributed by atoms with Gasteiger partial charge in [0.2, 0.25) is 0 Å². The lowest BCUT2D eigenvalue weighted by Gasteiger charge is -1.92. The van der Waals surface area contributed by atoms with E-state index in [1.165, 1.54) is 12.1 Å². The molecule has 0 saturated carbocycles. The van der Waals surface area contributed by atoms with Crippen LogP contribution in [0.15, 0.2) is 27.5 Å². The molecule has 0 saturated heterocycles. The first-order chi connectivity index (χ1) is 6.25. The van der Waals surface area contributed by atoms with Gasteiger partial charge in [0.1, 0.15) is 5.82 Å². The minimum atomic E-state index is -0.664. The number of nitrogens with one attached hydrogen (secondary N) is 1. The van der Waals surface area contributed by atoms with Gasteiger partial charge < -0.3 is 0 Å². The molecule has 13 heavy (non-hydrogen) atoms. The first-order valence-corrected chi connectivity index (χ1v) is 3.49. The van der Waals surface area contributed by atoms with E-state index in [0.717, 1.165) is 0 Å².